The minimum Gasteiger partial charge on any atom is -0.352 e. The lowest BCUT2D eigenvalue weighted by Crippen LogP contribution is -2.51. The van der Waals surface area contributed by atoms with Gasteiger partial charge in [0.1, 0.15) is 6.04 Å². The van der Waals surface area contributed by atoms with Crippen molar-refractivity contribution in [3.8, 4) is 0 Å². The Morgan fingerprint density at radius 1 is 1.05 bits per heavy atom. The van der Waals surface area contributed by atoms with E-state index < -0.39 is 27.7 Å². The predicted molar refractivity (Wildman–Crippen MR) is 144 cm³/mol. The number of anilines is 1. The van der Waals surface area contributed by atoms with Crippen LogP contribution in [0.1, 0.15) is 63.0 Å². The Kier molecular flexibility index (Phi) is 10.2. The van der Waals surface area contributed by atoms with Crippen molar-refractivity contribution in [2.24, 2.45) is 0 Å². The standard InChI is InChI=1S/C28H37F2N3O4S/c1-4-26(28(35)31-22-8-5-6-9-22)32(19-21-13-11-20(2)12-14-21)27(34)10-7-17-33(38(3,36)37)23-15-16-24(29)25(30)18-23/h11-16,18,22,26H,4-10,17,19H2,1-3H3,(H,31,35)/t26-/m0/s1. The van der Waals surface area contributed by atoms with E-state index in [-0.39, 0.29) is 49.5 Å². The third kappa shape index (κ3) is 7.99. The van der Waals surface area contributed by atoms with Gasteiger partial charge in [-0.15, -0.1) is 0 Å². The summed E-state index contributed by atoms with van der Waals surface area (Å²) >= 11 is 0. The zero-order valence-electron chi connectivity index (χ0n) is 22.3. The number of aryl methyl sites for hydroxylation is 1. The lowest BCUT2D eigenvalue weighted by molar-refractivity contribution is -0.141. The van der Waals surface area contributed by atoms with Crippen LogP contribution in [0.5, 0.6) is 0 Å². The summed E-state index contributed by atoms with van der Waals surface area (Å²) in [6.07, 6.45) is 5.52. The van der Waals surface area contributed by atoms with Crippen molar-refractivity contribution in [1.29, 1.82) is 0 Å². The molecule has 2 aromatic carbocycles. The summed E-state index contributed by atoms with van der Waals surface area (Å²) in [4.78, 5) is 28.3. The lowest BCUT2D eigenvalue weighted by atomic mass is 10.1. The van der Waals surface area contributed by atoms with Gasteiger partial charge in [-0.05, 0) is 50.3 Å². The number of hydrogen-bond donors (Lipinski definition) is 1. The number of halogens is 2. The van der Waals surface area contributed by atoms with E-state index in [2.05, 4.69) is 5.32 Å². The normalized spacial score (nSPS) is 14.8. The highest BCUT2D eigenvalue weighted by Gasteiger charge is 2.30. The highest BCUT2D eigenvalue weighted by molar-refractivity contribution is 7.92. The van der Waals surface area contributed by atoms with Crippen molar-refractivity contribution in [3.05, 3.63) is 65.2 Å². The lowest BCUT2D eigenvalue weighted by Gasteiger charge is -2.32. The maximum atomic E-state index is 13.8. The molecule has 2 aromatic rings. The van der Waals surface area contributed by atoms with Gasteiger partial charge in [0.15, 0.2) is 11.6 Å². The second kappa shape index (κ2) is 13.2. The molecule has 2 amide bonds. The Balaban J connectivity index is 1.76. The van der Waals surface area contributed by atoms with Crippen LogP contribution in [0.25, 0.3) is 0 Å². The number of benzene rings is 2. The second-order valence-electron chi connectivity index (χ2n) is 9.96. The molecule has 1 saturated carbocycles. The summed E-state index contributed by atoms with van der Waals surface area (Å²) in [5.74, 6) is -2.70. The number of carbonyl (C=O) groups excluding carboxylic acids is 2. The zero-order chi connectivity index (χ0) is 27.9. The molecule has 0 saturated heterocycles. The van der Waals surface area contributed by atoms with Crippen molar-refractivity contribution < 1.29 is 26.8 Å². The zero-order valence-corrected chi connectivity index (χ0v) is 23.1. The average molecular weight is 550 g/mol. The van der Waals surface area contributed by atoms with Crippen LogP contribution in [0.15, 0.2) is 42.5 Å². The molecule has 7 nitrogen and oxygen atoms in total. The van der Waals surface area contributed by atoms with Gasteiger partial charge in [-0.3, -0.25) is 13.9 Å². The molecule has 0 unspecified atom stereocenters. The highest BCUT2D eigenvalue weighted by Crippen LogP contribution is 2.23. The Morgan fingerprint density at radius 2 is 1.71 bits per heavy atom. The molecule has 38 heavy (non-hydrogen) atoms. The van der Waals surface area contributed by atoms with Gasteiger partial charge in [-0.2, -0.15) is 0 Å². The van der Waals surface area contributed by atoms with E-state index in [1.54, 1.807) is 4.90 Å². The molecule has 0 spiro atoms. The van der Waals surface area contributed by atoms with Crippen LogP contribution in [0.3, 0.4) is 0 Å². The van der Waals surface area contributed by atoms with Crippen LogP contribution < -0.4 is 9.62 Å². The van der Waals surface area contributed by atoms with Gasteiger partial charge in [-0.25, -0.2) is 17.2 Å². The molecule has 0 bridgehead atoms. The van der Waals surface area contributed by atoms with E-state index >= 15 is 0 Å². The van der Waals surface area contributed by atoms with Crippen molar-refractivity contribution in [1.82, 2.24) is 10.2 Å². The molecule has 3 rings (SSSR count). The topological polar surface area (TPSA) is 86.8 Å². The van der Waals surface area contributed by atoms with E-state index in [4.69, 9.17) is 0 Å². The number of amides is 2. The molecular weight excluding hydrogens is 512 g/mol. The number of nitrogens with zero attached hydrogens (tertiary/aromatic N) is 2. The number of sulfonamides is 1. The molecular formula is C28H37F2N3O4S. The molecule has 1 N–H and O–H groups in total. The smallest absolute Gasteiger partial charge is 0.243 e. The van der Waals surface area contributed by atoms with Crippen LogP contribution in [0, 0.1) is 18.6 Å². The molecule has 0 heterocycles. The maximum absolute atomic E-state index is 13.8. The molecule has 0 aromatic heterocycles. The van der Waals surface area contributed by atoms with Crippen LogP contribution in [0.2, 0.25) is 0 Å². The fourth-order valence-corrected chi connectivity index (χ4v) is 5.78. The Hall–Kier alpha value is -3.01. The van der Waals surface area contributed by atoms with Crippen LogP contribution in [-0.2, 0) is 26.2 Å². The van der Waals surface area contributed by atoms with Crippen molar-refractivity contribution in [2.75, 3.05) is 17.1 Å². The quantitative estimate of drug-likeness (QED) is 0.416. The third-order valence-electron chi connectivity index (χ3n) is 6.90. The average Bonchev–Trinajstić information content (AvgIpc) is 3.37. The number of carbonyl (C=O) groups is 2. The van der Waals surface area contributed by atoms with Gasteiger partial charge in [0.2, 0.25) is 21.8 Å². The Morgan fingerprint density at radius 3 is 2.29 bits per heavy atom. The molecule has 1 aliphatic rings. The second-order valence-corrected chi connectivity index (χ2v) is 11.9. The number of nitrogens with one attached hydrogen (secondary N) is 1. The number of rotatable bonds is 12. The minimum absolute atomic E-state index is 0.0160. The minimum atomic E-state index is -3.81. The van der Waals surface area contributed by atoms with E-state index in [1.165, 1.54) is 6.07 Å². The van der Waals surface area contributed by atoms with Gasteiger partial charge in [-0.1, -0.05) is 49.6 Å². The van der Waals surface area contributed by atoms with Gasteiger partial charge >= 0.3 is 0 Å². The van der Waals surface area contributed by atoms with Gasteiger partial charge in [0.25, 0.3) is 0 Å². The molecule has 0 aliphatic heterocycles. The maximum Gasteiger partial charge on any atom is 0.243 e. The van der Waals surface area contributed by atoms with Crippen molar-refractivity contribution in [3.63, 3.8) is 0 Å². The summed E-state index contributed by atoms with van der Waals surface area (Å²) in [6, 6.07) is 10.1. The molecule has 1 fully saturated rings. The van der Waals surface area contributed by atoms with Crippen molar-refractivity contribution in [2.45, 2.75) is 77.4 Å². The summed E-state index contributed by atoms with van der Waals surface area (Å²) < 4.78 is 52.9. The molecule has 1 atom stereocenters. The fraction of sp³-hybridized carbons (Fsp3) is 0.500. The van der Waals surface area contributed by atoms with E-state index in [0.717, 1.165) is 59.5 Å². The van der Waals surface area contributed by atoms with Gasteiger partial charge < -0.3 is 10.2 Å². The predicted octanol–water partition coefficient (Wildman–Crippen LogP) is 4.69. The fourth-order valence-electron chi connectivity index (χ4n) is 4.82. The van der Waals surface area contributed by atoms with Crippen molar-refractivity contribution >= 4 is 27.5 Å². The first kappa shape index (κ1) is 29.5. The summed E-state index contributed by atoms with van der Waals surface area (Å²) in [7, 11) is -3.81. The van der Waals surface area contributed by atoms with Crippen LogP contribution in [0.4, 0.5) is 14.5 Å². The Bertz CT molecular complexity index is 1220. The molecule has 0 radical (unpaired) electrons. The van der Waals surface area contributed by atoms with E-state index in [1.807, 2.05) is 38.1 Å². The van der Waals surface area contributed by atoms with E-state index in [0.29, 0.717) is 6.42 Å². The molecule has 10 heteroatoms. The van der Waals surface area contributed by atoms with Crippen LogP contribution >= 0.6 is 0 Å². The largest absolute Gasteiger partial charge is 0.352 e. The monoisotopic (exact) mass is 549 g/mol. The SMILES string of the molecule is CC[C@@H](C(=O)NC1CCCC1)N(Cc1ccc(C)cc1)C(=O)CCCN(c1ccc(F)c(F)c1)S(C)(=O)=O. The summed E-state index contributed by atoms with van der Waals surface area (Å²) in [5.41, 5.74) is 1.95. The number of hydrogen-bond acceptors (Lipinski definition) is 4. The first-order valence-corrected chi connectivity index (χ1v) is 14.9. The first-order chi connectivity index (χ1) is 18.0. The summed E-state index contributed by atoms with van der Waals surface area (Å²) in [5, 5.41) is 3.10. The first-order valence-electron chi connectivity index (χ1n) is 13.1. The molecule has 1 aliphatic carbocycles. The summed E-state index contributed by atoms with van der Waals surface area (Å²) in [6.45, 7) is 3.98. The highest BCUT2D eigenvalue weighted by atomic mass is 32.2. The van der Waals surface area contributed by atoms with Gasteiger partial charge in [0.05, 0.1) is 11.9 Å². The van der Waals surface area contributed by atoms with Gasteiger partial charge in [0, 0.05) is 31.6 Å². The Labute approximate surface area is 224 Å². The third-order valence-corrected chi connectivity index (χ3v) is 8.10. The molecule has 208 valence electrons. The van der Waals surface area contributed by atoms with Crippen LogP contribution in [-0.4, -0.2) is 50.0 Å². The van der Waals surface area contributed by atoms with E-state index in [9.17, 15) is 26.8 Å².